The summed E-state index contributed by atoms with van der Waals surface area (Å²) in [6.07, 6.45) is 8.87. The normalized spacial score (nSPS) is 10.8. The molecule has 3 heterocycles. The molecule has 0 atom stereocenters. The van der Waals surface area contributed by atoms with Gasteiger partial charge in [-0.2, -0.15) is 0 Å². The predicted molar refractivity (Wildman–Crippen MR) is 122 cm³/mol. The number of amides is 1. The van der Waals surface area contributed by atoms with Gasteiger partial charge in [-0.05, 0) is 54.1 Å². The molecule has 5 aromatic rings. The van der Waals surface area contributed by atoms with Gasteiger partial charge >= 0.3 is 0 Å². The first-order valence-electron chi connectivity index (χ1n) is 9.68. The SMILES string of the molecule is O=C(NCc1cccnc1)c1ccc2nc(Nc3ccc(-n4ccnc4)cc3)sc2c1. The van der Waals surface area contributed by atoms with Gasteiger partial charge in [0.15, 0.2) is 5.13 Å². The summed E-state index contributed by atoms with van der Waals surface area (Å²) in [7, 11) is 0. The van der Waals surface area contributed by atoms with Gasteiger partial charge in [0.2, 0.25) is 0 Å². The summed E-state index contributed by atoms with van der Waals surface area (Å²) in [5, 5.41) is 7.04. The second kappa shape index (κ2) is 8.37. The van der Waals surface area contributed by atoms with Crippen molar-refractivity contribution in [3.05, 3.63) is 96.8 Å². The first-order valence-corrected chi connectivity index (χ1v) is 10.5. The molecule has 0 unspecified atom stereocenters. The second-order valence-corrected chi connectivity index (χ2v) is 7.92. The maximum atomic E-state index is 12.5. The van der Waals surface area contributed by atoms with Gasteiger partial charge in [-0.15, -0.1) is 0 Å². The third-order valence-electron chi connectivity index (χ3n) is 4.75. The molecule has 31 heavy (non-hydrogen) atoms. The summed E-state index contributed by atoms with van der Waals surface area (Å²) in [6.45, 7) is 0.440. The zero-order valence-corrected chi connectivity index (χ0v) is 17.2. The molecule has 152 valence electrons. The Balaban J connectivity index is 1.28. The van der Waals surface area contributed by atoms with Crippen LogP contribution in [0.1, 0.15) is 15.9 Å². The lowest BCUT2D eigenvalue weighted by atomic mass is 10.2. The minimum Gasteiger partial charge on any atom is -0.348 e. The number of imidazole rings is 1. The highest BCUT2D eigenvalue weighted by Gasteiger charge is 2.10. The summed E-state index contributed by atoms with van der Waals surface area (Å²) >= 11 is 1.51. The Bertz CT molecular complexity index is 1310. The van der Waals surface area contributed by atoms with Crippen LogP contribution in [0.2, 0.25) is 0 Å². The largest absolute Gasteiger partial charge is 0.348 e. The number of rotatable bonds is 6. The molecule has 0 aliphatic rings. The number of carbonyl (C=O) groups is 1. The van der Waals surface area contributed by atoms with Crippen molar-refractivity contribution in [3.8, 4) is 5.69 Å². The lowest BCUT2D eigenvalue weighted by Crippen LogP contribution is -2.22. The van der Waals surface area contributed by atoms with Crippen molar-refractivity contribution in [3.63, 3.8) is 0 Å². The molecule has 8 heteroatoms. The minimum atomic E-state index is -0.122. The van der Waals surface area contributed by atoms with Crippen molar-refractivity contribution in [2.45, 2.75) is 6.54 Å². The quantitative estimate of drug-likeness (QED) is 0.416. The highest BCUT2D eigenvalue weighted by Crippen LogP contribution is 2.29. The van der Waals surface area contributed by atoms with Gasteiger partial charge in [-0.25, -0.2) is 9.97 Å². The van der Waals surface area contributed by atoms with Gasteiger partial charge in [-0.3, -0.25) is 9.78 Å². The van der Waals surface area contributed by atoms with Crippen LogP contribution in [0, 0.1) is 0 Å². The van der Waals surface area contributed by atoms with Crippen LogP contribution in [0.5, 0.6) is 0 Å². The fraction of sp³-hybridized carbons (Fsp3) is 0.0435. The Morgan fingerprint density at radius 1 is 1.03 bits per heavy atom. The van der Waals surface area contributed by atoms with E-state index < -0.39 is 0 Å². The zero-order valence-electron chi connectivity index (χ0n) is 16.4. The van der Waals surface area contributed by atoms with Crippen molar-refractivity contribution >= 4 is 38.3 Å². The van der Waals surface area contributed by atoms with Crippen molar-refractivity contribution in [2.75, 3.05) is 5.32 Å². The van der Waals surface area contributed by atoms with E-state index in [1.165, 1.54) is 11.3 Å². The predicted octanol–water partition coefficient (Wildman–Crippen LogP) is 4.55. The van der Waals surface area contributed by atoms with E-state index in [1.807, 2.05) is 59.3 Å². The molecule has 0 spiro atoms. The van der Waals surface area contributed by atoms with E-state index in [-0.39, 0.29) is 5.91 Å². The Morgan fingerprint density at radius 3 is 2.71 bits per heavy atom. The smallest absolute Gasteiger partial charge is 0.251 e. The number of carbonyl (C=O) groups excluding carboxylic acids is 1. The van der Waals surface area contributed by atoms with Crippen LogP contribution in [-0.4, -0.2) is 25.4 Å². The average molecular weight is 427 g/mol. The molecule has 5 rings (SSSR count). The first-order chi connectivity index (χ1) is 15.2. The number of fused-ring (bicyclic) bond motifs is 1. The number of aromatic nitrogens is 4. The molecule has 0 radical (unpaired) electrons. The number of nitrogens with one attached hydrogen (secondary N) is 2. The van der Waals surface area contributed by atoms with Crippen LogP contribution in [0.15, 0.2) is 85.7 Å². The second-order valence-electron chi connectivity index (χ2n) is 6.89. The number of nitrogens with zero attached hydrogens (tertiary/aromatic N) is 4. The summed E-state index contributed by atoms with van der Waals surface area (Å²) in [5.41, 5.74) is 4.40. The number of benzene rings is 2. The highest BCUT2D eigenvalue weighted by molar-refractivity contribution is 7.22. The van der Waals surface area contributed by atoms with E-state index in [4.69, 9.17) is 0 Å². The van der Waals surface area contributed by atoms with Crippen LogP contribution in [0.25, 0.3) is 15.9 Å². The molecule has 0 saturated heterocycles. The molecule has 7 nitrogen and oxygen atoms in total. The summed E-state index contributed by atoms with van der Waals surface area (Å²) < 4.78 is 2.90. The van der Waals surface area contributed by atoms with E-state index in [0.717, 1.165) is 32.3 Å². The Hall–Kier alpha value is -4.04. The summed E-state index contributed by atoms with van der Waals surface area (Å²) in [5.74, 6) is -0.122. The standard InChI is InChI=1S/C23H18N6OS/c30-22(26-14-16-2-1-9-24-13-16)17-3-8-20-21(12-17)31-23(28-20)27-18-4-6-19(7-5-18)29-11-10-25-15-29/h1-13,15H,14H2,(H,26,30)(H,27,28). The zero-order chi connectivity index (χ0) is 21.0. The Kier molecular flexibility index (Phi) is 5.12. The first kappa shape index (κ1) is 19.0. The van der Waals surface area contributed by atoms with Crippen LogP contribution >= 0.6 is 11.3 Å². The number of pyridine rings is 1. The number of thiazole rings is 1. The average Bonchev–Trinajstić information content (AvgIpc) is 3.48. The van der Waals surface area contributed by atoms with Gasteiger partial charge in [0, 0.05) is 48.3 Å². The van der Waals surface area contributed by atoms with Crippen LogP contribution in [0.4, 0.5) is 10.8 Å². The van der Waals surface area contributed by atoms with E-state index in [0.29, 0.717) is 12.1 Å². The van der Waals surface area contributed by atoms with Gasteiger partial charge in [-0.1, -0.05) is 17.4 Å². The third kappa shape index (κ3) is 4.29. The molecule has 3 aromatic heterocycles. The highest BCUT2D eigenvalue weighted by atomic mass is 32.1. The van der Waals surface area contributed by atoms with Gasteiger partial charge in [0.05, 0.1) is 16.5 Å². The number of hydrogen-bond donors (Lipinski definition) is 2. The van der Waals surface area contributed by atoms with E-state index in [1.54, 1.807) is 31.0 Å². The van der Waals surface area contributed by atoms with E-state index >= 15 is 0 Å². The monoisotopic (exact) mass is 426 g/mol. The van der Waals surface area contributed by atoms with Crippen molar-refractivity contribution in [2.24, 2.45) is 0 Å². The lowest BCUT2D eigenvalue weighted by Gasteiger charge is -2.05. The van der Waals surface area contributed by atoms with Gasteiger partial charge < -0.3 is 15.2 Å². The summed E-state index contributed by atoms with van der Waals surface area (Å²) in [4.78, 5) is 25.3. The molecule has 2 N–H and O–H groups in total. The van der Waals surface area contributed by atoms with Crippen LogP contribution in [0.3, 0.4) is 0 Å². The topological polar surface area (TPSA) is 84.7 Å². The molecule has 0 aliphatic heterocycles. The van der Waals surface area contributed by atoms with E-state index in [2.05, 4.69) is 25.6 Å². The third-order valence-corrected chi connectivity index (χ3v) is 5.68. The van der Waals surface area contributed by atoms with Gasteiger partial charge in [0.25, 0.3) is 5.91 Å². The molecule has 2 aromatic carbocycles. The maximum Gasteiger partial charge on any atom is 0.251 e. The van der Waals surface area contributed by atoms with E-state index in [9.17, 15) is 4.79 Å². The minimum absolute atomic E-state index is 0.122. The Morgan fingerprint density at radius 2 is 1.94 bits per heavy atom. The fourth-order valence-corrected chi connectivity index (χ4v) is 4.08. The molecule has 1 amide bonds. The molecular weight excluding hydrogens is 408 g/mol. The van der Waals surface area contributed by atoms with Crippen LogP contribution < -0.4 is 10.6 Å². The van der Waals surface area contributed by atoms with Gasteiger partial charge in [0.1, 0.15) is 0 Å². The van der Waals surface area contributed by atoms with Crippen LogP contribution in [-0.2, 0) is 6.54 Å². The molecule has 0 aliphatic carbocycles. The molecule has 0 bridgehead atoms. The number of hydrogen-bond acceptors (Lipinski definition) is 6. The van der Waals surface area contributed by atoms with Crippen molar-refractivity contribution < 1.29 is 4.79 Å². The van der Waals surface area contributed by atoms with Crippen molar-refractivity contribution in [1.82, 2.24) is 24.8 Å². The molecule has 0 saturated carbocycles. The molecule has 0 fully saturated rings. The Labute approximate surface area is 182 Å². The lowest BCUT2D eigenvalue weighted by molar-refractivity contribution is 0.0951. The maximum absolute atomic E-state index is 12.5. The number of anilines is 2. The summed E-state index contributed by atoms with van der Waals surface area (Å²) in [6, 6.07) is 17.4. The van der Waals surface area contributed by atoms with Crippen molar-refractivity contribution in [1.29, 1.82) is 0 Å². The molecular formula is C23H18N6OS. The fourth-order valence-electron chi connectivity index (χ4n) is 3.16.